The molecule has 1 aromatic carbocycles. The topological polar surface area (TPSA) is 79.4 Å². The van der Waals surface area contributed by atoms with Gasteiger partial charge in [0, 0.05) is 10.9 Å². The van der Waals surface area contributed by atoms with Gasteiger partial charge in [0.25, 0.3) is 0 Å². The highest BCUT2D eigenvalue weighted by atomic mass is 16.3. The number of phenolic OH excluding ortho intramolecular Hbond substituents is 1. The van der Waals surface area contributed by atoms with Crippen LogP contribution in [-0.2, 0) is 0 Å². The number of anilines is 1. The van der Waals surface area contributed by atoms with Crippen molar-refractivity contribution in [3.05, 3.63) is 29.8 Å². The van der Waals surface area contributed by atoms with Crippen molar-refractivity contribution in [2.75, 3.05) is 5.73 Å². The van der Waals surface area contributed by atoms with Crippen LogP contribution >= 0.6 is 0 Å². The van der Waals surface area contributed by atoms with Crippen LogP contribution in [0.15, 0.2) is 24.3 Å². The lowest BCUT2D eigenvalue weighted by Crippen LogP contribution is -2.01. The maximum absolute atomic E-state index is 9.54. The Morgan fingerprint density at radius 1 is 1.40 bits per heavy atom. The minimum Gasteiger partial charge on any atom is -0.506 e. The number of nitrogens with two attached hydrogens (primary N) is 1. The van der Waals surface area contributed by atoms with E-state index < -0.39 is 6.10 Å². The predicted octanol–water partition coefficient (Wildman–Crippen LogP) is 1.58. The van der Waals surface area contributed by atoms with Gasteiger partial charge in [-0.2, -0.15) is 0 Å². The summed E-state index contributed by atoms with van der Waals surface area (Å²) >= 11 is 0. The molecule has 0 fully saturated rings. The second kappa shape index (κ2) is 3.40. The molecule has 0 aliphatic heterocycles. The van der Waals surface area contributed by atoms with E-state index in [0.717, 1.165) is 5.39 Å². The van der Waals surface area contributed by atoms with E-state index in [4.69, 9.17) is 5.73 Å². The number of nitrogens with zero attached hydrogens (tertiary/aromatic N) is 1. The quantitative estimate of drug-likeness (QED) is 0.658. The maximum atomic E-state index is 9.54. The van der Waals surface area contributed by atoms with Gasteiger partial charge in [0.2, 0.25) is 0 Å². The molecule has 0 aliphatic carbocycles. The number of para-hydroxylation sites is 1. The highest BCUT2D eigenvalue weighted by Gasteiger charge is 2.10. The Morgan fingerprint density at radius 3 is 2.80 bits per heavy atom. The van der Waals surface area contributed by atoms with Crippen molar-refractivity contribution in [1.29, 1.82) is 0 Å². The zero-order valence-electron chi connectivity index (χ0n) is 8.31. The second-order valence-electron chi connectivity index (χ2n) is 3.49. The molecule has 1 heterocycles. The van der Waals surface area contributed by atoms with Gasteiger partial charge in [0.1, 0.15) is 17.1 Å². The summed E-state index contributed by atoms with van der Waals surface area (Å²) in [4.78, 5) is 4.06. The number of hydrogen-bond acceptors (Lipinski definition) is 4. The fraction of sp³-hybridized carbons (Fsp3) is 0.182. The number of hydrogen-bond donors (Lipinski definition) is 3. The Bertz CT molecular complexity index is 509. The van der Waals surface area contributed by atoms with Crippen LogP contribution in [0.5, 0.6) is 5.75 Å². The van der Waals surface area contributed by atoms with Crippen molar-refractivity contribution < 1.29 is 10.2 Å². The first-order valence-corrected chi connectivity index (χ1v) is 4.66. The third kappa shape index (κ3) is 1.59. The summed E-state index contributed by atoms with van der Waals surface area (Å²) in [6.07, 6.45) is -0.663. The number of nitrogen functional groups attached to an aromatic ring is 1. The largest absolute Gasteiger partial charge is 0.506 e. The molecule has 0 radical (unpaired) electrons. The molecule has 4 N–H and O–H groups in total. The first-order chi connectivity index (χ1) is 7.09. The van der Waals surface area contributed by atoms with E-state index in [1.165, 1.54) is 0 Å². The summed E-state index contributed by atoms with van der Waals surface area (Å²) < 4.78 is 0. The number of aromatic nitrogens is 1. The number of fused-ring (bicyclic) bond motifs is 1. The van der Waals surface area contributed by atoms with Crippen LogP contribution in [0, 0.1) is 0 Å². The van der Waals surface area contributed by atoms with Crippen molar-refractivity contribution >= 4 is 16.7 Å². The fourth-order valence-electron chi connectivity index (χ4n) is 1.55. The predicted molar refractivity (Wildman–Crippen MR) is 58.5 cm³/mol. The van der Waals surface area contributed by atoms with Crippen LogP contribution in [0.1, 0.15) is 18.6 Å². The van der Waals surface area contributed by atoms with Gasteiger partial charge in [-0.15, -0.1) is 0 Å². The van der Waals surface area contributed by atoms with Crippen molar-refractivity contribution in [1.82, 2.24) is 4.98 Å². The van der Waals surface area contributed by atoms with E-state index in [2.05, 4.69) is 4.98 Å². The Hall–Kier alpha value is -1.81. The molecule has 0 aliphatic rings. The monoisotopic (exact) mass is 204 g/mol. The summed E-state index contributed by atoms with van der Waals surface area (Å²) in [6.45, 7) is 1.63. The van der Waals surface area contributed by atoms with Crippen LogP contribution < -0.4 is 5.73 Å². The molecule has 0 spiro atoms. The van der Waals surface area contributed by atoms with Crippen LogP contribution in [-0.4, -0.2) is 15.2 Å². The van der Waals surface area contributed by atoms with Crippen molar-refractivity contribution in [3.63, 3.8) is 0 Å². The van der Waals surface area contributed by atoms with Gasteiger partial charge in [0.05, 0.1) is 6.10 Å². The molecule has 0 saturated heterocycles. The third-order valence-corrected chi connectivity index (χ3v) is 2.34. The summed E-state index contributed by atoms with van der Waals surface area (Å²) in [6, 6.07) is 6.83. The van der Waals surface area contributed by atoms with Gasteiger partial charge < -0.3 is 15.9 Å². The standard InChI is InChI=1S/C11H12N2O2/c1-6(14)8-5-7-3-2-4-9(15)10(7)13-11(8)12/h2-6,14-15H,1H3,(H2,12,13). The van der Waals surface area contributed by atoms with E-state index in [0.29, 0.717) is 11.1 Å². The van der Waals surface area contributed by atoms with Gasteiger partial charge >= 0.3 is 0 Å². The van der Waals surface area contributed by atoms with Crippen molar-refractivity contribution in [2.45, 2.75) is 13.0 Å². The second-order valence-corrected chi connectivity index (χ2v) is 3.49. The normalized spacial score (nSPS) is 12.9. The third-order valence-electron chi connectivity index (χ3n) is 2.34. The Kier molecular flexibility index (Phi) is 2.21. The molecule has 4 heteroatoms. The Labute approximate surface area is 87.0 Å². The number of aromatic hydroxyl groups is 1. The lowest BCUT2D eigenvalue weighted by atomic mass is 10.1. The van der Waals surface area contributed by atoms with Crippen molar-refractivity contribution in [3.8, 4) is 5.75 Å². The number of benzene rings is 1. The van der Waals surface area contributed by atoms with E-state index in [1.54, 1.807) is 25.1 Å². The summed E-state index contributed by atoms with van der Waals surface area (Å²) in [5.74, 6) is 0.343. The SMILES string of the molecule is CC(O)c1cc2cccc(O)c2nc1N. The van der Waals surface area contributed by atoms with Crippen molar-refractivity contribution in [2.24, 2.45) is 0 Å². The molecule has 0 amide bonds. The van der Waals surface area contributed by atoms with Gasteiger partial charge in [-0.05, 0) is 19.1 Å². The minimum atomic E-state index is -0.663. The number of phenols is 1. The van der Waals surface area contributed by atoms with Crippen LogP contribution in [0.4, 0.5) is 5.82 Å². The zero-order valence-corrected chi connectivity index (χ0v) is 8.31. The fourth-order valence-corrected chi connectivity index (χ4v) is 1.55. The van der Waals surface area contributed by atoms with Gasteiger partial charge in [-0.25, -0.2) is 4.98 Å². The molecule has 2 rings (SSSR count). The van der Waals surface area contributed by atoms with E-state index in [1.807, 2.05) is 6.07 Å². The summed E-state index contributed by atoms with van der Waals surface area (Å²) in [5.41, 5.74) is 6.71. The summed E-state index contributed by atoms with van der Waals surface area (Å²) in [5, 5.41) is 19.8. The molecule has 78 valence electrons. The van der Waals surface area contributed by atoms with Crippen LogP contribution in [0.2, 0.25) is 0 Å². The first-order valence-electron chi connectivity index (χ1n) is 4.66. The Balaban J connectivity index is 2.76. The highest BCUT2D eigenvalue weighted by Crippen LogP contribution is 2.28. The molecule has 1 atom stereocenters. The van der Waals surface area contributed by atoms with E-state index in [9.17, 15) is 10.2 Å². The van der Waals surface area contributed by atoms with Crippen LogP contribution in [0.25, 0.3) is 10.9 Å². The lowest BCUT2D eigenvalue weighted by Gasteiger charge is -2.09. The lowest BCUT2D eigenvalue weighted by molar-refractivity contribution is 0.200. The zero-order chi connectivity index (χ0) is 11.0. The number of aliphatic hydroxyl groups excluding tert-OH is 1. The molecule has 1 unspecified atom stereocenters. The van der Waals surface area contributed by atoms with Gasteiger partial charge in [-0.3, -0.25) is 0 Å². The molecule has 2 aromatic rings. The van der Waals surface area contributed by atoms with Crippen LogP contribution in [0.3, 0.4) is 0 Å². The minimum absolute atomic E-state index is 0.0938. The highest BCUT2D eigenvalue weighted by molar-refractivity contribution is 5.86. The Morgan fingerprint density at radius 2 is 2.13 bits per heavy atom. The molecule has 15 heavy (non-hydrogen) atoms. The maximum Gasteiger partial charge on any atom is 0.141 e. The molecule has 4 nitrogen and oxygen atoms in total. The number of pyridine rings is 1. The van der Waals surface area contributed by atoms with E-state index in [-0.39, 0.29) is 11.6 Å². The smallest absolute Gasteiger partial charge is 0.141 e. The van der Waals surface area contributed by atoms with Gasteiger partial charge in [-0.1, -0.05) is 12.1 Å². The molecule has 0 saturated carbocycles. The first kappa shape index (κ1) is 9.73. The molecule has 0 bridgehead atoms. The molecular formula is C11H12N2O2. The molecular weight excluding hydrogens is 192 g/mol. The number of rotatable bonds is 1. The molecule has 1 aromatic heterocycles. The van der Waals surface area contributed by atoms with Gasteiger partial charge in [0.15, 0.2) is 0 Å². The average Bonchev–Trinajstić information content (AvgIpc) is 2.18. The number of aliphatic hydroxyl groups is 1. The summed E-state index contributed by atoms with van der Waals surface area (Å²) in [7, 11) is 0. The average molecular weight is 204 g/mol. The van der Waals surface area contributed by atoms with E-state index >= 15 is 0 Å².